The van der Waals surface area contributed by atoms with Crippen molar-refractivity contribution in [1.82, 2.24) is 9.97 Å². The van der Waals surface area contributed by atoms with E-state index in [9.17, 15) is 0 Å². The van der Waals surface area contributed by atoms with Crippen molar-refractivity contribution < 1.29 is 0 Å². The van der Waals surface area contributed by atoms with Gasteiger partial charge >= 0.3 is 0 Å². The van der Waals surface area contributed by atoms with Gasteiger partial charge in [-0.1, -0.05) is 12.2 Å². The van der Waals surface area contributed by atoms with Gasteiger partial charge in [-0.15, -0.1) is 0 Å². The van der Waals surface area contributed by atoms with Crippen molar-refractivity contribution in [3.05, 3.63) is 30.4 Å². The zero-order valence-electron chi connectivity index (χ0n) is 5.96. The third-order valence-corrected chi connectivity index (χ3v) is 1.34. The lowest BCUT2D eigenvalue weighted by Gasteiger charge is -2.05. The number of aromatic amines is 1. The van der Waals surface area contributed by atoms with Crippen LogP contribution in [0.5, 0.6) is 0 Å². The highest BCUT2D eigenvalue weighted by molar-refractivity contribution is 5.10. The lowest BCUT2D eigenvalue weighted by molar-refractivity contribution is 0.785. The fourth-order valence-electron chi connectivity index (χ4n) is 0.681. The molecule has 0 aliphatic rings. The Hall–Kier alpha value is -1.09. The molecule has 0 aliphatic carbocycles. The second-order valence-electron chi connectivity index (χ2n) is 2.30. The number of nitrogens with two attached hydrogens (primary N) is 1. The summed E-state index contributed by atoms with van der Waals surface area (Å²) in [7, 11) is 0. The first-order valence-corrected chi connectivity index (χ1v) is 3.12. The number of hydrogen-bond donors (Lipinski definition) is 2. The highest BCUT2D eigenvalue weighted by atomic mass is 14.9. The van der Waals surface area contributed by atoms with Crippen LogP contribution in [0.3, 0.4) is 0 Å². The molecule has 0 saturated heterocycles. The van der Waals surface area contributed by atoms with Crippen molar-refractivity contribution in [2.75, 3.05) is 0 Å². The average Bonchev–Trinajstić information content (AvgIpc) is 2.36. The molecule has 3 heteroatoms. The molecule has 1 unspecified atom stereocenters. The highest BCUT2D eigenvalue weighted by Crippen LogP contribution is 2.10. The first-order valence-electron chi connectivity index (χ1n) is 3.12. The Morgan fingerprint density at radius 2 is 2.60 bits per heavy atom. The van der Waals surface area contributed by atoms with Crippen LogP contribution in [0.15, 0.2) is 24.5 Å². The van der Waals surface area contributed by atoms with Crippen LogP contribution in [-0.2, 0) is 0 Å². The molecular formula is C7H11N3. The normalized spacial score (nSPS) is 13.0. The smallest absolute Gasteiger partial charge is 0.127 e. The van der Waals surface area contributed by atoms with Crippen LogP contribution in [0.2, 0.25) is 0 Å². The molecule has 3 N–H and O–H groups in total. The molecule has 1 atom stereocenters. The number of aromatic nitrogens is 2. The molecule has 0 aliphatic heterocycles. The Morgan fingerprint density at radius 1 is 1.90 bits per heavy atom. The van der Waals surface area contributed by atoms with E-state index in [-0.39, 0.29) is 6.04 Å². The molecule has 10 heavy (non-hydrogen) atoms. The summed E-state index contributed by atoms with van der Waals surface area (Å²) >= 11 is 0. The van der Waals surface area contributed by atoms with Gasteiger partial charge in [0, 0.05) is 12.4 Å². The summed E-state index contributed by atoms with van der Waals surface area (Å²) in [5, 5.41) is 0. The summed E-state index contributed by atoms with van der Waals surface area (Å²) in [6.45, 7) is 5.61. The first-order chi connectivity index (χ1) is 4.72. The monoisotopic (exact) mass is 137 g/mol. The third kappa shape index (κ3) is 1.25. The zero-order chi connectivity index (χ0) is 7.56. The summed E-state index contributed by atoms with van der Waals surface area (Å²) in [6, 6.07) is -0.157. The maximum Gasteiger partial charge on any atom is 0.127 e. The van der Waals surface area contributed by atoms with Gasteiger partial charge in [0.25, 0.3) is 0 Å². The quantitative estimate of drug-likeness (QED) is 0.597. The molecule has 0 spiro atoms. The topological polar surface area (TPSA) is 54.7 Å². The molecule has 0 amide bonds. The maximum absolute atomic E-state index is 5.69. The van der Waals surface area contributed by atoms with Crippen molar-refractivity contribution in [2.24, 2.45) is 5.73 Å². The molecule has 0 saturated carbocycles. The van der Waals surface area contributed by atoms with Gasteiger partial charge in [-0.3, -0.25) is 0 Å². The summed E-state index contributed by atoms with van der Waals surface area (Å²) in [4.78, 5) is 6.92. The minimum atomic E-state index is -0.157. The number of nitrogens with zero attached hydrogens (tertiary/aromatic N) is 1. The number of rotatable bonds is 2. The molecule has 0 bridgehead atoms. The van der Waals surface area contributed by atoms with E-state index in [0.717, 1.165) is 11.4 Å². The zero-order valence-corrected chi connectivity index (χ0v) is 5.96. The van der Waals surface area contributed by atoms with E-state index in [1.54, 1.807) is 12.4 Å². The van der Waals surface area contributed by atoms with Crippen molar-refractivity contribution in [3.63, 3.8) is 0 Å². The van der Waals surface area contributed by atoms with E-state index >= 15 is 0 Å². The van der Waals surface area contributed by atoms with E-state index in [0.29, 0.717) is 0 Å². The van der Waals surface area contributed by atoms with Crippen LogP contribution in [0.4, 0.5) is 0 Å². The van der Waals surface area contributed by atoms with Gasteiger partial charge < -0.3 is 10.7 Å². The standard InChI is InChI=1S/C7H11N3/c1-5(2)6(8)7-9-3-4-10-7/h3-4,6H,1,8H2,2H3,(H,9,10). The largest absolute Gasteiger partial charge is 0.347 e. The van der Waals surface area contributed by atoms with Crippen LogP contribution in [0.25, 0.3) is 0 Å². The van der Waals surface area contributed by atoms with Gasteiger partial charge in [-0.2, -0.15) is 0 Å². The molecule has 0 radical (unpaired) electrons. The van der Waals surface area contributed by atoms with E-state index in [2.05, 4.69) is 16.5 Å². The summed E-state index contributed by atoms with van der Waals surface area (Å²) < 4.78 is 0. The van der Waals surface area contributed by atoms with Gasteiger partial charge in [0.05, 0.1) is 6.04 Å². The van der Waals surface area contributed by atoms with Crippen LogP contribution >= 0.6 is 0 Å². The van der Waals surface area contributed by atoms with Crippen molar-refractivity contribution in [3.8, 4) is 0 Å². The Kier molecular flexibility index (Phi) is 1.87. The molecule has 0 fully saturated rings. The van der Waals surface area contributed by atoms with Crippen LogP contribution in [0, 0.1) is 0 Å². The molecule has 1 aromatic heterocycles. The second kappa shape index (κ2) is 2.66. The van der Waals surface area contributed by atoms with Gasteiger partial charge in [0.2, 0.25) is 0 Å². The fraction of sp³-hybridized carbons (Fsp3) is 0.286. The highest BCUT2D eigenvalue weighted by Gasteiger charge is 2.06. The minimum absolute atomic E-state index is 0.157. The summed E-state index contributed by atoms with van der Waals surface area (Å²) in [5.74, 6) is 0.771. The summed E-state index contributed by atoms with van der Waals surface area (Å²) in [5.41, 5.74) is 6.60. The fourth-order valence-corrected chi connectivity index (χ4v) is 0.681. The van der Waals surface area contributed by atoms with Crippen LogP contribution < -0.4 is 5.73 Å². The van der Waals surface area contributed by atoms with Crippen molar-refractivity contribution >= 4 is 0 Å². The minimum Gasteiger partial charge on any atom is -0.347 e. The average molecular weight is 137 g/mol. The summed E-state index contributed by atoms with van der Waals surface area (Å²) in [6.07, 6.45) is 3.43. The lowest BCUT2D eigenvalue weighted by atomic mass is 10.1. The van der Waals surface area contributed by atoms with Gasteiger partial charge in [-0.25, -0.2) is 4.98 Å². The van der Waals surface area contributed by atoms with Gasteiger partial charge in [0.15, 0.2) is 0 Å². The molecule has 1 rings (SSSR count). The first kappa shape index (κ1) is 7.02. The van der Waals surface area contributed by atoms with Crippen molar-refractivity contribution in [1.29, 1.82) is 0 Å². The van der Waals surface area contributed by atoms with E-state index < -0.39 is 0 Å². The van der Waals surface area contributed by atoms with Gasteiger partial charge in [-0.05, 0) is 6.92 Å². The third-order valence-electron chi connectivity index (χ3n) is 1.34. The molecule has 1 heterocycles. The Bertz CT molecular complexity index is 213. The van der Waals surface area contributed by atoms with Gasteiger partial charge in [0.1, 0.15) is 5.82 Å². The molecule has 54 valence electrons. The predicted molar refractivity (Wildman–Crippen MR) is 40.3 cm³/mol. The van der Waals surface area contributed by atoms with Crippen molar-refractivity contribution in [2.45, 2.75) is 13.0 Å². The molecule has 0 aromatic carbocycles. The number of hydrogen-bond acceptors (Lipinski definition) is 2. The number of imidazole rings is 1. The molecule has 1 aromatic rings. The molecular weight excluding hydrogens is 126 g/mol. The van der Waals surface area contributed by atoms with Crippen LogP contribution in [-0.4, -0.2) is 9.97 Å². The Morgan fingerprint density at radius 3 is 3.00 bits per heavy atom. The van der Waals surface area contributed by atoms with Crippen LogP contribution in [0.1, 0.15) is 18.8 Å². The lowest BCUT2D eigenvalue weighted by Crippen LogP contribution is -2.12. The SMILES string of the molecule is C=C(C)C(N)c1ncc[nH]1. The van der Waals surface area contributed by atoms with E-state index in [4.69, 9.17) is 5.73 Å². The maximum atomic E-state index is 5.69. The Labute approximate surface area is 60.0 Å². The predicted octanol–water partition coefficient (Wildman–Crippen LogP) is 0.986. The molecule has 3 nitrogen and oxygen atoms in total. The Balaban J connectivity index is 2.77. The van der Waals surface area contributed by atoms with E-state index in [1.165, 1.54) is 0 Å². The van der Waals surface area contributed by atoms with E-state index in [1.807, 2.05) is 6.92 Å². The number of H-pyrrole nitrogens is 1. The number of nitrogens with one attached hydrogen (secondary N) is 1. The second-order valence-corrected chi connectivity index (χ2v) is 2.30.